The van der Waals surface area contributed by atoms with E-state index in [1.54, 1.807) is 4.90 Å². The molecule has 0 radical (unpaired) electrons. The second kappa shape index (κ2) is 3.59. The van der Waals surface area contributed by atoms with E-state index in [1.165, 1.54) is 6.92 Å². The fourth-order valence-corrected chi connectivity index (χ4v) is 1.94. The number of carbonyl (C=O) groups excluding carboxylic acids is 2. The highest BCUT2D eigenvalue weighted by Gasteiger charge is 2.34. The van der Waals surface area contributed by atoms with Gasteiger partial charge in [0.1, 0.15) is 6.04 Å². The maximum atomic E-state index is 11.7. The largest absolute Gasteiger partial charge is 0.352 e. The van der Waals surface area contributed by atoms with Gasteiger partial charge in [-0.1, -0.05) is 0 Å². The van der Waals surface area contributed by atoms with Crippen molar-refractivity contribution < 1.29 is 9.59 Å². The summed E-state index contributed by atoms with van der Waals surface area (Å²) in [4.78, 5) is 24.6. The molecule has 1 heterocycles. The normalized spacial score (nSPS) is 26.4. The van der Waals surface area contributed by atoms with E-state index in [1.807, 2.05) is 0 Å². The van der Waals surface area contributed by atoms with Gasteiger partial charge in [0.15, 0.2) is 0 Å². The number of hydrogen-bond acceptors (Lipinski definition) is 2. The second-order valence-corrected chi connectivity index (χ2v) is 4.15. The molecule has 78 valence electrons. The number of hydrogen-bond donors (Lipinski definition) is 1. The topological polar surface area (TPSA) is 49.4 Å². The molecule has 0 unspecified atom stereocenters. The Morgan fingerprint density at radius 3 is 2.57 bits per heavy atom. The SMILES string of the molecule is CC(=O)N1CCC[C@H]1C(=O)NC1CC1. The Morgan fingerprint density at radius 2 is 2.00 bits per heavy atom. The highest BCUT2D eigenvalue weighted by atomic mass is 16.2. The van der Waals surface area contributed by atoms with Gasteiger partial charge < -0.3 is 10.2 Å². The van der Waals surface area contributed by atoms with Crippen LogP contribution in [0.4, 0.5) is 0 Å². The van der Waals surface area contributed by atoms with Crippen LogP contribution in [0.2, 0.25) is 0 Å². The van der Waals surface area contributed by atoms with Crippen molar-refractivity contribution >= 4 is 11.8 Å². The van der Waals surface area contributed by atoms with Gasteiger partial charge in [-0.05, 0) is 25.7 Å². The summed E-state index contributed by atoms with van der Waals surface area (Å²) in [5.74, 6) is 0.0543. The minimum Gasteiger partial charge on any atom is -0.352 e. The van der Waals surface area contributed by atoms with Gasteiger partial charge in [-0.15, -0.1) is 0 Å². The van der Waals surface area contributed by atoms with Crippen LogP contribution >= 0.6 is 0 Å². The van der Waals surface area contributed by atoms with Gasteiger partial charge in [-0.25, -0.2) is 0 Å². The van der Waals surface area contributed by atoms with Crippen molar-refractivity contribution in [3.63, 3.8) is 0 Å². The molecule has 2 amide bonds. The molecule has 0 aromatic heterocycles. The first-order valence-electron chi connectivity index (χ1n) is 5.26. The molecular weight excluding hydrogens is 180 g/mol. The first-order valence-corrected chi connectivity index (χ1v) is 5.26. The summed E-state index contributed by atoms with van der Waals surface area (Å²) >= 11 is 0. The van der Waals surface area contributed by atoms with E-state index in [9.17, 15) is 9.59 Å². The van der Waals surface area contributed by atoms with Crippen molar-refractivity contribution in [2.24, 2.45) is 0 Å². The molecule has 4 heteroatoms. The Hall–Kier alpha value is -1.06. The number of rotatable bonds is 2. The van der Waals surface area contributed by atoms with Crippen LogP contribution in [0.5, 0.6) is 0 Å². The lowest BCUT2D eigenvalue weighted by Crippen LogP contribution is -2.45. The van der Waals surface area contributed by atoms with Crippen LogP contribution in [0.25, 0.3) is 0 Å². The standard InChI is InChI=1S/C10H16N2O2/c1-7(13)12-6-2-3-9(12)10(14)11-8-4-5-8/h8-9H,2-6H2,1H3,(H,11,14)/t9-/m0/s1. The average Bonchev–Trinajstić information content (AvgIpc) is 2.81. The van der Waals surface area contributed by atoms with Crippen LogP contribution in [-0.2, 0) is 9.59 Å². The van der Waals surface area contributed by atoms with Crippen molar-refractivity contribution in [2.45, 2.75) is 44.7 Å². The molecule has 1 saturated carbocycles. The minimum absolute atomic E-state index is 0.0125. The van der Waals surface area contributed by atoms with E-state index in [2.05, 4.69) is 5.32 Å². The lowest BCUT2D eigenvalue weighted by atomic mass is 10.2. The molecule has 1 saturated heterocycles. The van der Waals surface area contributed by atoms with E-state index in [4.69, 9.17) is 0 Å². The molecule has 1 N–H and O–H groups in total. The smallest absolute Gasteiger partial charge is 0.243 e. The first kappa shape index (κ1) is 9.49. The fourth-order valence-electron chi connectivity index (χ4n) is 1.94. The minimum atomic E-state index is -0.201. The summed E-state index contributed by atoms with van der Waals surface area (Å²) in [5, 5.41) is 2.95. The number of carbonyl (C=O) groups is 2. The zero-order chi connectivity index (χ0) is 10.1. The van der Waals surface area contributed by atoms with Crippen molar-refractivity contribution in [3.8, 4) is 0 Å². The zero-order valence-electron chi connectivity index (χ0n) is 8.45. The average molecular weight is 196 g/mol. The van der Waals surface area contributed by atoms with Crippen LogP contribution in [0, 0.1) is 0 Å². The molecule has 2 rings (SSSR count). The van der Waals surface area contributed by atoms with Crippen LogP contribution < -0.4 is 5.32 Å². The Morgan fingerprint density at radius 1 is 1.29 bits per heavy atom. The zero-order valence-corrected chi connectivity index (χ0v) is 8.45. The molecule has 0 spiro atoms. The predicted molar refractivity (Wildman–Crippen MR) is 51.6 cm³/mol. The summed E-state index contributed by atoms with van der Waals surface area (Å²) in [7, 11) is 0. The van der Waals surface area contributed by atoms with E-state index in [0.29, 0.717) is 6.04 Å². The van der Waals surface area contributed by atoms with Crippen LogP contribution in [0.1, 0.15) is 32.6 Å². The van der Waals surface area contributed by atoms with Gasteiger partial charge in [0, 0.05) is 19.5 Å². The molecule has 14 heavy (non-hydrogen) atoms. The predicted octanol–water partition coefficient (Wildman–Crippen LogP) is 0.276. The van der Waals surface area contributed by atoms with Crippen molar-refractivity contribution in [2.75, 3.05) is 6.54 Å². The monoisotopic (exact) mass is 196 g/mol. The van der Waals surface area contributed by atoms with E-state index < -0.39 is 0 Å². The van der Waals surface area contributed by atoms with Crippen LogP contribution in [0.3, 0.4) is 0 Å². The summed E-state index contributed by atoms with van der Waals surface area (Å²) in [6, 6.07) is 0.185. The van der Waals surface area contributed by atoms with E-state index in [-0.39, 0.29) is 17.9 Å². The van der Waals surface area contributed by atoms with Gasteiger partial charge in [0.25, 0.3) is 0 Å². The van der Waals surface area contributed by atoms with Crippen molar-refractivity contribution in [1.29, 1.82) is 0 Å². The third-order valence-corrected chi connectivity index (χ3v) is 2.88. The highest BCUT2D eigenvalue weighted by Crippen LogP contribution is 2.22. The Bertz CT molecular complexity index is 261. The van der Waals surface area contributed by atoms with Gasteiger partial charge in [-0.2, -0.15) is 0 Å². The highest BCUT2D eigenvalue weighted by molar-refractivity contribution is 5.87. The van der Waals surface area contributed by atoms with Crippen molar-refractivity contribution in [1.82, 2.24) is 10.2 Å². The Balaban J connectivity index is 1.93. The van der Waals surface area contributed by atoms with Gasteiger partial charge in [0.2, 0.25) is 11.8 Å². The maximum Gasteiger partial charge on any atom is 0.243 e. The summed E-state index contributed by atoms with van der Waals surface area (Å²) in [5.41, 5.74) is 0. The molecule has 4 nitrogen and oxygen atoms in total. The summed E-state index contributed by atoms with van der Waals surface area (Å²) < 4.78 is 0. The van der Waals surface area contributed by atoms with Crippen molar-refractivity contribution in [3.05, 3.63) is 0 Å². The van der Waals surface area contributed by atoms with Crippen LogP contribution in [-0.4, -0.2) is 35.3 Å². The second-order valence-electron chi connectivity index (χ2n) is 4.15. The lowest BCUT2D eigenvalue weighted by Gasteiger charge is -2.22. The third kappa shape index (κ3) is 1.89. The number of amides is 2. The van der Waals surface area contributed by atoms with E-state index in [0.717, 1.165) is 32.2 Å². The molecule has 0 bridgehead atoms. The van der Waals surface area contributed by atoms with Crippen LogP contribution in [0.15, 0.2) is 0 Å². The molecule has 1 aliphatic heterocycles. The van der Waals surface area contributed by atoms with Gasteiger partial charge in [-0.3, -0.25) is 9.59 Å². The summed E-state index contributed by atoms with van der Waals surface area (Å²) in [6.07, 6.45) is 3.96. The molecule has 0 aromatic rings. The van der Waals surface area contributed by atoms with Gasteiger partial charge >= 0.3 is 0 Å². The quantitative estimate of drug-likeness (QED) is 0.689. The molecule has 0 aromatic carbocycles. The fraction of sp³-hybridized carbons (Fsp3) is 0.800. The molecule has 1 aliphatic carbocycles. The molecule has 2 fully saturated rings. The molecule has 1 atom stereocenters. The Kier molecular flexibility index (Phi) is 2.44. The lowest BCUT2D eigenvalue weighted by molar-refractivity contribution is -0.136. The van der Waals surface area contributed by atoms with E-state index >= 15 is 0 Å². The number of likely N-dealkylation sites (tertiary alicyclic amines) is 1. The van der Waals surface area contributed by atoms with Gasteiger partial charge in [0.05, 0.1) is 0 Å². The third-order valence-electron chi connectivity index (χ3n) is 2.88. The Labute approximate surface area is 83.6 Å². The first-order chi connectivity index (χ1) is 6.68. The number of nitrogens with one attached hydrogen (secondary N) is 1. The molecular formula is C10H16N2O2. The summed E-state index contributed by atoms with van der Waals surface area (Å²) in [6.45, 7) is 2.26. The number of nitrogens with zero attached hydrogens (tertiary/aromatic N) is 1. The molecule has 2 aliphatic rings. The maximum absolute atomic E-state index is 11.7.